The summed E-state index contributed by atoms with van der Waals surface area (Å²) >= 11 is 0. The van der Waals surface area contributed by atoms with Crippen LogP contribution in [0.1, 0.15) is 0 Å². The molecule has 0 radical (unpaired) electrons. The molecule has 0 aliphatic carbocycles. The second-order valence-electron chi connectivity index (χ2n) is 14.6. The van der Waals surface area contributed by atoms with Crippen molar-refractivity contribution in [3.63, 3.8) is 0 Å². The fourth-order valence-corrected chi connectivity index (χ4v) is 7.46. The van der Waals surface area contributed by atoms with Crippen molar-refractivity contribution in [3.05, 3.63) is 224 Å². The van der Waals surface area contributed by atoms with Gasteiger partial charge in [-0.25, -0.2) is 24.9 Å². The summed E-state index contributed by atoms with van der Waals surface area (Å²) in [7, 11) is 0. The standard InChI is InChI=1S/C55H37N5/c1-7-19-38(20-8-1)44-34-49(40-23-11-3-12-24-40)56-51(36-44)46-31-47(52-37-45(39-21-9-2-10-22-39)35-50(57-52)41-25-13-4-14-26-41)33-48(32-46)55-59-53(42-27-15-5-16-28-42)58-54(60-55)43-29-17-6-18-30-43/h1-37H. The average Bonchev–Trinajstić information content (AvgIpc) is 3.35. The molecule has 5 nitrogen and oxygen atoms in total. The minimum Gasteiger partial charge on any atom is -0.248 e. The molecule has 0 unspecified atom stereocenters. The van der Waals surface area contributed by atoms with E-state index in [2.05, 4.69) is 140 Å². The zero-order chi connectivity index (χ0) is 40.1. The van der Waals surface area contributed by atoms with Crippen LogP contribution in [-0.2, 0) is 0 Å². The molecular weight excluding hydrogens is 731 g/mol. The van der Waals surface area contributed by atoms with Gasteiger partial charge in [0, 0.05) is 38.9 Å². The van der Waals surface area contributed by atoms with Gasteiger partial charge in [0.1, 0.15) is 0 Å². The zero-order valence-electron chi connectivity index (χ0n) is 32.6. The van der Waals surface area contributed by atoms with Crippen LogP contribution in [0.2, 0.25) is 0 Å². The summed E-state index contributed by atoms with van der Waals surface area (Å²) in [6, 6.07) is 76.9. The molecule has 0 amide bonds. The van der Waals surface area contributed by atoms with Crippen molar-refractivity contribution < 1.29 is 0 Å². The lowest BCUT2D eigenvalue weighted by Gasteiger charge is -2.15. The first-order chi connectivity index (χ1) is 29.7. The Bertz CT molecular complexity index is 2530. The van der Waals surface area contributed by atoms with Gasteiger partial charge in [-0.05, 0) is 64.7 Å². The fraction of sp³-hybridized carbons (Fsp3) is 0. The normalized spacial score (nSPS) is 11.0. The first-order valence-corrected chi connectivity index (χ1v) is 20.0. The molecule has 0 N–H and O–H groups in total. The summed E-state index contributed by atoms with van der Waals surface area (Å²) < 4.78 is 0. The molecular formula is C55H37N5. The van der Waals surface area contributed by atoms with Gasteiger partial charge in [0.15, 0.2) is 17.5 Å². The lowest BCUT2D eigenvalue weighted by molar-refractivity contribution is 1.07. The third kappa shape index (κ3) is 7.76. The predicted molar refractivity (Wildman–Crippen MR) is 244 cm³/mol. The molecule has 282 valence electrons. The van der Waals surface area contributed by atoms with E-state index < -0.39 is 0 Å². The Hall–Kier alpha value is -8.15. The summed E-state index contributed by atoms with van der Waals surface area (Å²) in [6.45, 7) is 0. The van der Waals surface area contributed by atoms with Crippen molar-refractivity contribution in [3.8, 4) is 101 Å². The smallest absolute Gasteiger partial charge is 0.164 e. The van der Waals surface area contributed by atoms with Gasteiger partial charge in [-0.3, -0.25) is 0 Å². The largest absolute Gasteiger partial charge is 0.248 e. The Balaban J connectivity index is 1.24. The van der Waals surface area contributed by atoms with Crippen LogP contribution in [0.15, 0.2) is 224 Å². The first-order valence-electron chi connectivity index (χ1n) is 20.0. The third-order valence-corrected chi connectivity index (χ3v) is 10.5. The van der Waals surface area contributed by atoms with E-state index in [-0.39, 0.29) is 0 Å². The fourth-order valence-electron chi connectivity index (χ4n) is 7.46. The van der Waals surface area contributed by atoms with E-state index in [1.807, 2.05) is 84.9 Å². The van der Waals surface area contributed by atoms with Crippen molar-refractivity contribution in [2.45, 2.75) is 0 Å². The maximum Gasteiger partial charge on any atom is 0.164 e. The van der Waals surface area contributed by atoms with E-state index in [0.29, 0.717) is 17.5 Å². The topological polar surface area (TPSA) is 64.5 Å². The van der Waals surface area contributed by atoms with Crippen LogP contribution in [0.4, 0.5) is 0 Å². The highest BCUT2D eigenvalue weighted by molar-refractivity contribution is 5.84. The van der Waals surface area contributed by atoms with Gasteiger partial charge in [0.2, 0.25) is 0 Å². The molecule has 3 heterocycles. The van der Waals surface area contributed by atoms with Crippen molar-refractivity contribution in [1.29, 1.82) is 0 Å². The molecule has 0 spiro atoms. The Kier molecular flexibility index (Phi) is 9.88. The van der Waals surface area contributed by atoms with E-state index in [4.69, 9.17) is 24.9 Å². The number of aromatic nitrogens is 5. The van der Waals surface area contributed by atoms with Crippen LogP contribution in [0.5, 0.6) is 0 Å². The van der Waals surface area contributed by atoms with E-state index in [0.717, 1.165) is 84.0 Å². The quantitative estimate of drug-likeness (QED) is 0.146. The SMILES string of the molecule is c1ccc(-c2cc(-c3ccccc3)nc(-c3cc(-c4cc(-c5ccccc5)cc(-c5ccccc5)n4)cc(-c4nc(-c5ccccc5)nc(-c5ccccc5)n4)c3)c2)cc1. The van der Waals surface area contributed by atoms with Gasteiger partial charge in [-0.15, -0.1) is 0 Å². The number of rotatable bonds is 9. The van der Waals surface area contributed by atoms with Crippen LogP contribution < -0.4 is 0 Å². The van der Waals surface area contributed by atoms with Gasteiger partial charge in [-0.2, -0.15) is 0 Å². The highest BCUT2D eigenvalue weighted by atomic mass is 15.0. The molecule has 0 fully saturated rings. The molecule has 0 saturated heterocycles. The Morgan fingerprint density at radius 1 is 0.167 bits per heavy atom. The Labute approximate surface area is 349 Å². The zero-order valence-corrected chi connectivity index (χ0v) is 32.6. The first kappa shape index (κ1) is 36.2. The number of benzene rings is 7. The van der Waals surface area contributed by atoms with Crippen LogP contribution in [-0.4, -0.2) is 24.9 Å². The maximum absolute atomic E-state index is 5.36. The van der Waals surface area contributed by atoms with Gasteiger partial charge in [-0.1, -0.05) is 182 Å². The van der Waals surface area contributed by atoms with Crippen LogP contribution >= 0.6 is 0 Å². The molecule has 0 atom stereocenters. The molecule has 60 heavy (non-hydrogen) atoms. The van der Waals surface area contributed by atoms with Crippen LogP contribution in [0.3, 0.4) is 0 Å². The molecule has 10 aromatic rings. The van der Waals surface area contributed by atoms with Crippen molar-refractivity contribution in [1.82, 2.24) is 24.9 Å². The van der Waals surface area contributed by atoms with E-state index in [1.54, 1.807) is 0 Å². The predicted octanol–water partition coefficient (Wildman–Crippen LogP) is 13.7. The molecule has 0 aliphatic rings. The Morgan fingerprint density at radius 3 is 0.750 bits per heavy atom. The highest BCUT2D eigenvalue weighted by Crippen LogP contribution is 2.37. The van der Waals surface area contributed by atoms with E-state index in [1.165, 1.54) is 0 Å². The lowest BCUT2D eigenvalue weighted by atomic mass is 9.95. The second kappa shape index (κ2) is 16.4. The number of hydrogen-bond donors (Lipinski definition) is 0. The maximum atomic E-state index is 5.36. The summed E-state index contributed by atoms with van der Waals surface area (Å²) in [6.07, 6.45) is 0. The monoisotopic (exact) mass is 767 g/mol. The molecule has 10 rings (SSSR count). The molecule has 3 aromatic heterocycles. The summed E-state index contributed by atoms with van der Waals surface area (Å²) in [5.74, 6) is 1.74. The highest BCUT2D eigenvalue weighted by Gasteiger charge is 2.18. The Morgan fingerprint density at radius 2 is 0.417 bits per heavy atom. The average molecular weight is 768 g/mol. The van der Waals surface area contributed by atoms with Gasteiger partial charge in [0.05, 0.1) is 22.8 Å². The molecule has 7 aromatic carbocycles. The lowest BCUT2D eigenvalue weighted by Crippen LogP contribution is -2.01. The van der Waals surface area contributed by atoms with E-state index >= 15 is 0 Å². The molecule has 0 saturated carbocycles. The second-order valence-corrected chi connectivity index (χ2v) is 14.6. The summed E-state index contributed by atoms with van der Waals surface area (Å²) in [4.78, 5) is 26.0. The van der Waals surface area contributed by atoms with Crippen molar-refractivity contribution in [2.75, 3.05) is 0 Å². The number of nitrogens with zero attached hydrogens (tertiary/aromatic N) is 5. The van der Waals surface area contributed by atoms with E-state index in [9.17, 15) is 0 Å². The minimum atomic E-state index is 0.552. The van der Waals surface area contributed by atoms with Gasteiger partial charge < -0.3 is 0 Å². The molecule has 5 heteroatoms. The molecule has 0 bridgehead atoms. The summed E-state index contributed by atoms with van der Waals surface area (Å²) in [5.41, 5.74) is 14.3. The van der Waals surface area contributed by atoms with Gasteiger partial charge in [0.25, 0.3) is 0 Å². The number of pyridine rings is 2. The van der Waals surface area contributed by atoms with Crippen molar-refractivity contribution in [2.24, 2.45) is 0 Å². The van der Waals surface area contributed by atoms with Crippen LogP contribution in [0, 0.1) is 0 Å². The summed E-state index contributed by atoms with van der Waals surface area (Å²) in [5, 5.41) is 0. The van der Waals surface area contributed by atoms with Crippen LogP contribution in [0.25, 0.3) is 101 Å². The number of hydrogen-bond acceptors (Lipinski definition) is 5. The van der Waals surface area contributed by atoms with Crippen molar-refractivity contribution >= 4 is 0 Å². The molecule has 0 aliphatic heterocycles. The minimum absolute atomic E-state index is 0.552. The van der Waals surface area contributed by atoms with Gasteiger partial charge >= 0.3 is 0 Å². The third-order valence-electron chi connectivity index (χ3n) is 10.5.